The Morgan fingerprint density at radius 3 is 2.56 bits per heavy atom. The Labute approximate surface area is 115 Å². The number of aliphatic carboxylic acids is 1. The summed E-state index contributed by atoms with van der Waals surface area (Å²) < 4.78 is 0. The van der Waals surface area contributed by atoms with Gasteiger partial charge in [-0.3, -0.25) is 4.79 Å². The summed E-state index contributed by atoms with van der Waals surface area (Å²) in [6, 6.07) is 5.01. The molecular weight excluding hydrogens is 277 g/mol. The third-order valence-corrected chi connectivity index (χ3v) is 2.86. The van der Waals surface area contributed by atoms with E-state index < -0.39 is 5.97 Å². The van der Waals surface area contributed by atoms with Gasteiger partial charge in [-0.25, -0.2) is 0 Å². The number of rotatable bonds is 6. The molecule has 0 saturated heterocycles. The van der Waals surface area contributed by atoms with E-state index in [1.807, 2.05) is 0 Å². The van der Waals surface area contributed by atoms with Gasteiger partial charge in [0, 0.05) is 29.0 Å². The van der Waals surface area contributed by atoms with Gasteiger partial charge in [0.1, 0.15) is 0 Å². The largest absolute Gasteiger partial charge is 0.550 e. The van der Waals surface area contributed by atoms with E-state index in [9.17, 15) is 14.7 Å². The van der Waals surface area contributed by atoms with Crippen LogP contribution < -0.4 is 10.4 Å². The molecule has 0 aliphatic heterocycles. The Bertz CT molecular complexity index is 449. The lowest BCUT2D eigenvalue weighted by Gasteiger charge is -2.07. The van der Waals surface area contributed by atoms with E-state index in [-0.39, 0.29) is 25.2 Å². The summed E-state index contributed by atoms with van der Waals surface area (Å²) in [6.45, 7) is 0.292. The minimum absolute atomic E-state index is 0.116. The van der Waals surface area contributed by atoms with Crippen molar-refractivity contribution in [3.8, 4) is 0 Å². The van der Waals surface area contributed by atoms with Crippen LogP contribution in [0.15, 0.2) is 18.2 Å². The van der Waals surface area contributed by atoms with E-state index in [0.717, 1.165) is 5.56 Å². The first kappa shape index (κ1) is 14.8. The standard InChI is InChI=1S/C12H13Cl2NO3/c13-9-5-4-8(10(14)6-9)7-15-11(16)2-1-3-12(17)18/h4-6H,1-3,7H2,(H,15,16)(H,17,18)/p-1. The monoisotopic (exact) mass is 288 g/mol. The predicted molar refractivity (Wildman–Crippen MR) is 67.2 cm³/mol. The minimum atomic E-state index is -1.15. The smallest absolute Gasteiger partial charge is 0.220 e. The van der Waals surface area contributed by atoms with Gasteiger partial charge in [0.15, 0.2) is 0 Å². The van der Waals surface area contributed by atoms with Gasteiger partial charge in [0.2, 0.25) is 5.91 Å². The maximum atomic E-state index is 11.4. The van der Waals surface area contributed by atoms with Crippen molar-refractivity contribution in [2.24, 2.45) is 0 Å². The molecule has 0 spiro atoms. The lowest BCUT2D eigenvalue weighted by atomic mass is 10.2. The molecule has 0 fully saturated rings. The Morgan fingerprint density at radius 1 is 1.22 bits per heavy atom. The van der Waals surface area contributed by atoms with E-state index >= 15 is 0 Å². The molecule has 0 atom stereocenters. The van der Waals surface area contributed by atoms with Crippen LogP contribution in [0, 0.1) is 0 Å². The quantitative estimate of drug-likeness (QED) is 0.863. The molecule has 1 N–H and O–H groups in total. The van der Waals surface area contributed by atoms with Crippen molar-refractivity contribution in [3.63, 3.8) is 0 Å². The van der Waals surface area contributed by atoms with Gasteiger partial charge in [-0.1, -0.05) is 29.3 Å². The highest BCUT2D eigenvalue weighted by Gasteiger charge is 2.04. The summed E-state index contributed by atoms with van der Waals surface area (Å²) in [5, 5.41) is 13.8. The Balaban J connectivity index is 2.36. The first-order valence-corrected chi connectivity index (χ1v) is 6.15. The van der Waals surface area contributed by atoms with Gasteiger partial charge in [-0.15, -0.1) is 0 Å². The van der Waals surface area contributed by atoms with Crippen molar-refractivity contribution >= 4 is 35.1 Å². The van der Waals surface area contributed by atoms with Gasteiger partial charge >= 0.3 is 0 Å². The van der Waals surface area contributed by atoms with Crippen LogP contribution in [0.2, 0.25) is 10.0 Å². The molecular formula is C12H12Cl2NO3-. The molecule has 0 aliphatic carbocycles. The number of nitrogens with one attached hydrogen (secondary N) is 1. The van der Waals surface area contributed by atoms with Gasteiger partial charge in [-0.05, 0) is 30.5 Å². The van der Waals surface area contributed by atoms with Crippen LogP contribution >= 0.6 is 23.2 Å². The number of benzene rings is 1. The third-order valence-electron chi connectivity index (χ3n) is 2.28. The van der Waals surface area contributed by atoms with Crippen molar-refractivity contribution in [2.45, 2.75) is 25.8 Å². The molecule has 1 aromatic rings. The van der Waals surface area contributed by atoms with E-state index in [0.29, 0.717) is 16.6 Å². The zero-order valence-electron chi connectivity index (χ0n) is 9.54. The molecule has 1 rings (SSSR count). The molecule has 0 heterocycles. The number of hydrogen-bond acceptors (Lipinski definition) is 3. The topological polar surface area (TPSA) is 69.2 Å². The summed E-state index contributed by atoms with van der Waals surface area (Å²) in [4.78, 5) is 21.5. The highest BCUT2D eigenvalue weighted by molar-refractivity contribution is 6.35. The number of amides is 1. The molecule has 18 heavy (non-hydrogen) atoms. The maximum Gasteiger partial charge on any atom is 0.220 e. The molecule has 1 aromatic carbocycles. The first-order chi connectivity index (χ1) is 8.49. The second-order valence-corrected chi connectivity index (χ2v) is 4.58. The minimum Gasteiger partial charge on any atom is -0.550 e. The van der Waals surface area contributed by atoms with E-state index in [1.165, 1.54) is 0 Å². The SMILES string of the molecule is O=C([O-])CCCC(=O)NCc1ccc(Cl)cc1Cl. The lowest BCUT2D eigenvalue weighted by molar-refractivity contribution is -0.305. The van der Waals surface area contributed by atoms with Crippen LogP contribution in [-0.2, 0) is 16.1 Å². The normalized spacial score (nSPS) is 10.1. The van der Waals surface area contributed by atoms with Crippen molar-refractivity contribution < 1.29 is 14.7 Å². The zero-order valence-corrected chi connectivity index (χ0v) is 11.1. The Morgan fingerprint density at radius 2 is 1.94 bits per heavy atom. The average Bonchev–Trinajstić information content (AvgIpc) is 2.27. The number of carbonyl (C=O) groups is 2. The molecule has 0 unspecified atom stereocenters. The van der Waals surface area contributed by atoms with E-state index in [4.69, 9.17) is 23.2 Å². The zero-order chi connectivity index (χ0) is 13.5. The number of carbonyl (C=O) groups excluding carboxylic acids is 2. The predicted octanol–water partition coefficient (Wildman–Crippen LogP) is 1.53. The van der Waals surface area contributed by atoms with Crippen molar-refractivity contribution in [2.75, 3.05) is 0 Å². The molecule has 98 valence electrons. The summed E-state index contributed by atoms with van der Waals surface area (Å²) >= 11 is 11.7. The second-order valence-electron chi connectivity index (χ2n) is 3.74. The summed E-state index contributed by atoms with van der Waals surface area (Å²) in [6.07, 6.45) is 0.302. The van der Waals surface area contributed by atoms with Crippen LogP contribution in [-0.4, -0.2) is 11.9 Å². The van der Waals surface area contributed by atoms with Crippen molar-refractivity contribution in [1.29, 1.82) is 0 Å². The summed E-state index contributed by atoms with van der Waals surface area (Å²) in [5.74, 6) is -1.37. The second kappa shape index (κ2) is 7.24. The maximum absolute atomic E-state index is 11.4. The third kappa shape index (κ3) is 5.38. The Hall–Kier alpha value is -1.26. The van der Waals surface area contributed by atoms with Gasteiger partial charge in [0.25, 0.3) is 0 Å². The fraction of sp³-hybridized carbons (Fsp3) is 0.333. The van der Waals surface area contributed by atoms with Gasteiger partial charge < -0.3 is 15.2 Å². The molecule has 0 aliphatic rings. The van der Waals surface area contributed by atoms with Crippen LogP contribution in [0.4, 0.5) is 0 Å². The highest BCUT2D eigenvalue weighted by atomic mass is 35.5. The first-order valence-electron chi connectivity index (χ1n) is 5.39. The van der Waals surface area contributed by atoms with Crippen LogP contribution in [0.3, 0.4) is 0 Å². The van der Waals surface area contributed by atoms with Crippen LogP contribution in [0.25, 0.3) is 0 Å². The molecule has 0 aromatic heterocycles. The van der Waals surface area contributed by atoms with E-state index in [1.54, 1.807) is 18.2 Å². The molecule has 4 nitrogen and oxygen atoms in total. The molecule has 6 heteroatoms. The molecule has 1 amide bonds. The number of hydrogen-bond donors (Lipinski definition) is 1. The van der Waals surface area contributed by atoms with Crippen molar-refractivity contribution in [3.05, 3.63) is 33.8 Å². The van der Waals surface area contributed by atoms with Crippen LogP contribution in [0.1, 0.15) is 24.8 Å². The molecule has 0 bridgehead atoms. The lowest BCUT2D eigenvalue weighted by Crippen LogP contribution is -2.25. The number of halogens is 2. The van der Waals surface area contributed by atoms with Gasteiger partial charge in [0.05, 0.1) is 0 Å². The average molecular weight is 289 g/mol. The number of carboxylic acid groups (broad SMARTS) is 1. The number of carboxylic acids is 1. The molecule has 0 radical (unpaired) electrons. The van der Waals surface area contributed by atoms with Gasteiger partial charge in [-0.2, -0.15) is 0 Å². The summed E-state index contributed by atoms with van der Waals surface area (Å²) in [7, 11) is 0. The molecule has 0 saturated carbocycles. The fourth-order valence-electron chi connectivity index (χ4n) is 1.34. The fourth-order valence-corrected chi connectivity index (χ4v) is 1.82. The Kier molecular flexibility index (Phi) is 5.95. The highest BCUT2D eigenvalue weighted by Crippen LogP contribution is 2.20. The van der Waals surface area contributed by atoms with Crippen LogP contribution in [0.5, 0.6) is 0 Å². The van der Waals surface area contributed by atoms with E-state index in [2.05, 4.69) is 5.32 Å². The van der Waals surface area contributed by atoms with Crippen molar-refractivity contribution in [1.82, 2.24) is 5.32 Å². The summed E-state index contributed by atoms with van der Waals surface area (Å²) in [5.41, 5.74) is 0.759.